The van der Waals surface area contributed by atoms with E-state index in [1.54, 1.807) is 12.3 Å². The SMILES string of the molecule is O=S1(=O)NCC2(CCN(Cc3c[nH]c4ccccc34)CC2)Oc2ncccc21. The zero-order valence-corrected chi connectivity index (χ0v) is 16.2. The highest BCUT2D eigenvalue weighted by atomic mass is 32.2. The van der Waals surface area contributed by atoms with E-state index >= 15 is 0 Å². The Morgan fingerprint density at radius 2 is 1.96 bits per heavy atom. The Morgan fingerprint density at radius 3 is 2.82 bits per heavy atom. The van der Waals surface area contributed by atoms with E-state index in [2.05, 4.69) is 44.0 Å². The van der Waals surface area contributed by atoms with E-state index in [1.807, 2.05) is 6.07 Å². The van der Waals surface area contributed by atoms with Gasteiger partial charge in [-0.25, -0.2) is 18.1 Å². The van der Waals surface area contributed by atoms with Crippen LogP contribution >= 0.6 is 0 Å². The minimum Gasteiger partial charge on any atom is -0.469 e. The molecule has 1 aromatic carbocycles. The van der Waals surface area contributed by atoms with Crippen LogP contribution < -0.4 is 9.46 Å². The molecule has 1 saturated heterocycles. The molecule has 0 radical (unpaired) electrons. The molecule has 2 aliphatic rings. The number of benzene rings is 1. The highest BCUT2D eigenvalue weighted by Crippen LogP contribution is 2.34. The van der Waals surface area contributed by atoms with Crippen molar-refractivity contribution in [2.45, 2.75) is 29.9 Å². The van der Waals surface area contributed by atoms with Gasteiger partial charge in [0.05, 0.1) is 6.54 Å². The first kappa shape index (κ1) is 17.7. The molecular formula is C20H22N4O3S. The quantitative estimate of drug-likeness (QED) is 0.692. The Hall–Kier alpha value is -2.42. The van der Waals surface area contributed by atoms with Gasteiger partial charge in [0.15, 0.2) is 0 Å². The second-order valence-electron chi connectivity index (χ2n) is 7.55. The van der Waals surface area contributed by atoms with Gasteiger partial charge in [-0.15, -0.1) is 0 Å². The molecule has 5 rings (SSSR count). The number of fused-ring (bicyclic) bond motifs is 2. The molecule has 0 saturated carbocycles. The Labute approximate surface area is 163 Å². The van der Waals surface area contributed by atoms with Crippen LogP contribution in [0.3, 0.4) is 0 Å². The number of hydrogen-bond donors (Lipinski definition) is 2. The van der Waals surface area contributed by atoms with Gasteiger partial charge in [-0.2, -0.15) is 0 Å². The van der Waals surface area contributed by atoms with Crippen molar-refractivity contribution < 1.29 is 13.2 Å². The van der Waals surface area contributed by atoms with Gasteiger partial charge >= 0.3 is 0 Å². The highest BCUT2D eigenvalue weighted by molar-refractivity contribution is 7.89. The first-order chi connectivity index (χ1) is 13.5. The fourth-order valence-corrected chi connectivity index (χ4v) is 5.29. The summed E-state index contributed by atoms with van der Waals surface area (Å²) < 4.78 is 33.8. The predicted molar refractivity (Wildman–Crippen MR) is 106 cm³/mol. The fourth-order valence-electron chi connectivity index (χ4n) is 4.10. The standard InChI is InChI=1S/C20H22N4O3S/c25-28(26)18-6-3-9-21-19(18)27-20(14-23-28)7-10-24(11-8-20)13-15-12-22-17-5-2-1-4-16(15)17/h1-6,9,12,22-23H,7-8,10-11,13-14H2. The van der Waals surface area contributed by atoms with Gasteiger partial charge in [0.2, 0.25) is 15.9 Å². The number of hydrogen-bond acceptors (Lipinski definition) is 5. The van der Waals surface area contributed by atoms with E-state index in [9.17, 15) is 8.42 Å². The summed E-state index contributed by atoms with van der Waals surface area (Å²) in [4.78, 5) is 10.0. The molecule has 0 bridgehead atoms. The predicted octanol–water partition coefficient (Wildman–Crippen LogP) is 2.27. The lowest BCUT2D eigenvalue weighted by molar-refractivity contribution is 0.000392. The maximum Gasteiger partial charge on any atom is 0.246 e. The third-order valence-corrected chi connectivity index (χ3v) is 7.17. The maximum atomic E-state index is 12.5. The van der Waals surface area contributed by atoms with Gasteiger partial charge in [0.25, 0.3) is 0 Å². The topological polar surface area (TPSA) is 87.3 Å². The molecule has 2 aromatic heterocycles. The van der Waals surface area contributed by atoms with Gasteiger partial charge in [-0.05, 0) is 23.8 Å². The second kappa shape index (κ2) is 6.58. The Bertz CT molecular complexity index is 1120. The van der Waals surface area contributed by atoms with Crippen molar-refractivity contribution in [1.29, 1.82) is 0 Å². The molecule has 2 aliphatic heterocycles. The summed E-state index contributed by atoms with van der Waals surface area (Å²) in [5, 5.41) is 1.25. The number of aromatic amines is 1. The van der Waals surface area contributed by atoms with E-state index in [0.29, 0.717) is 0 Å². The summed E-state index contributed by atoms with van der Waals surface area (Å²) in [6.07, 6.45) is 5.13. The van der Waals surface area contributed by atoms with E-state index in [-0.39, 0.29) is 17.3 Å². The molecule has 0 aliphatic carbocycles. The number of pyridine rings is 1. The third-order valence-electron chi connectivity index (χ3n) is 5.76. The van der Waals surface area contributed by atoms with Crippen LogP contribution in [0.4, 0.5) is 0 Å². The molecule has 1 spiro atoms. The number of para-hydroxylation sites is 1. The van der Waals surface area contributed by atoms with E-state index in [1.165, 1.54) is 17.0 Å². The smallest absolute Gasteiger partial charge is 0.246 e. The molecule has 0 amide bonds. The third kappa shape index (κ3) is 3.07. The van der Waals surface area contributed by atoms with Crippen LogP contribution in [-0.2, 0) is 16.6 Å². The molecule has 28 heavy (non-hydrogen) atoms. The van der Waals surface area contributed by atoms with Gasteiger partial charge in [-0.1, -0.05) is 18.2 Å². The van der Waals surface area contributed by atoms with E-state index in [0.717, 1.165) is 38.0 Å². The van der Waals surface area contributed by atoms with Crippen molar-refractivity contribution in [3.05, 3.63) is 54.4 Å². The Morgan fingerprint density at radius 1 is 1.14 bits per heavy atom. The van der Waals surface area contributed by atoms with Crippen molar-refractivity contribution in [2.75, 3.05) is 19.6 Å². The molecule has 0 atom stereocenters. The molecule has 4 heterocycles. The van der Waals surface area contributed by atoms with Crippen LogP contribution in [0.5, 0.6) is 5.88 Å². The summed E-state index contributed by atoms with van der Waals surface area (Å²) in [5.74, 6) is 0.206. The first-order valence-electron chi connectivity index (χ1n) is 9.46. The normalized spacial score (nSPS) is 21.1. The van der Waals surface area contributed by atoms with Gasteiger partial charge < -0.3 is 9.72 Å². The number of rotatable bonds is 2. The molecule has 7 nitrogen and oxygen atoms in total. The number of nitrogens with one attached hydrogen (secondary N) is 2. The second-order valence-corrected chi connectivity index (χ2v) is 9.29. The first-order valence-corrected chi connectivity index (χ1v) is 10.9. The van der Waals surface area contributed by atoms with E-state index < -0.39 is 15.6 Å². The molecule has 1 fully saturated rings. The number of H-pyrrole nitrogens is 1. The van der Waals surface area contributed by atoms with Crippen LogP contribution in [0.1, 0.15) is 18.4 Å². The van der Waals surface area contributed by atoms with Gasteiger partial charge in [0.1, 0.15) is 10.5 Å². The minimum atomic E-state index is -3.59. The van der Waals surface area contributed by atoms with Crippen LogP contribution in [0.15, 0.2) is 53.7 Å². The van der Waals surface area contributed by atoms with Crippen LogP contribution in [0, 0.1) is 0 Å². The number of nitrogens with zero attached hydrogens (tertiary/aromatic N) is 2. The van der Waals surface area contributed by atoms with Gasteiger partial charge in [0, 0.05) is 55.8 Å². The molecule has 2 N–H and O–H groups in total. The number of sulfonamides is 1. The van der Waals surface area contributed by atoms with Crippen molar-refractivity contribution in [1.82, 2.24) is 19.6 Å². The lowest BCUT2D eigenvalue weighted by Crippen LogP contribution is -2.53. The fraction of sp³-hybridized carbons (Fsp3) is 0.350. The molecular weight excluding hydrogens is 376 g/mol. The number of likely N-dealkylation sites (tertiary alicyclic amines) is 1. The van der Waals surface area contributed by atoms with Crippen molar-refractivity contribution in [3.8, 4) is 5.88 Å². The average molecular weight is 398 g/mol. The number of piperidine rings is 1. The van der Waals surface area contributed by atoms with Crippen molar-refractivity contribution in [3.63, 3.8) is 0 Å². The minimum absolute atomic E-state index is 0.119. The van der Waals surface area contributed by atoms with Crippen molar-refractivity contribution in [2.24, 2.45) is 0 Å². The molecule has 8 heteroatoms. The summed E-state index contributed by atoms with van der Waals surface area (Å²) in [7, 11) is -3.59. The Kier molecular flexibility index (Phi) is 4.15. The highest BCUT2D eigenvalue weighted by Gasteiger charge is 2.42. The maximum absolute atomic E-state index is 12.5. The lowest BCUT2D eigenvalue weighted by atomic mass is 9.91. The van der Waals surface area contributed by atoms with Crippen molar-refractivity contribution >= 4 is 20.9 Å². The summed E-state index contributed by atoms with van der Waals surface area (Å²) >= 11 is 0. The van der Waals surface area contributed by atoms with Gasteiger partial charge in [-0.3, -0.25) is 4.90 Å². The zero-order valence-electron chi connectivity index (χ0n) is 15.4. The number of aromatic nitrogens is 2. The number of ether oxygens (including phenoxy) is 1. The summed E-state index contributed by atoms with van der Waals surface area (Å²) in [6, 6.07) is 11.5. The monoisotopic (exact) mass is 398 g/mol. The van der Waals surface area contributed by atoms with E-state index in [4.69, 9.17) is 4.74 Å². The van der Waals surface area contributed by atoms with Crippen LogP contribution in [0.2, 0.25) is 0 Å². The summed E-state index contributed by atoms with van der Waals surface area (Å²) in [5.41, 5.74) is 1.87. The Balaban J connectivity index is 1.33. The van der Waals surface area contributed by atoms with Crippen LogP contribution in [0.25, 0.3) is 10.9 Å². The zero-order chi connectivity index (χ0) is 19.2. The largest absolute Gasteiger partial charge is 0.469 e. The summed E-state index contributed by atoms with van der Waals surface area (Å²) in [6.45, 7) is 2.81. The molecule has 0 unspecified atom stereocenters. The van der Waals surface area contributed by atoms with Crippen LogP contribution in [-0.4, -0.2) is 48.5 Å². The average Bonchev–Trinajstić information content (AvgIpc) is 3.07. The molecule has 3 aromatic rings. The molecule has 146 valence electrons. The lowest BCUT2D eigenvalue weighted by Gasteiger charge is -2.40.